The fourth-order valence-electron chi connectivity index (χ4n) is 3.02. The molecule has 9 heteroatoms. The molecule has 2 aliphatic heterocycles. The summed E-state index contributed by atoms with van der Waals surface area (Å²) < 4.78 is 16.2. The van der Waals surface area contributed by atoms with Crippen LogP contribution in [0.4, 0.5) is 10.5 Å². The number of nitrogens with zero attached hydrogens (tertiary/aromatic N) is 1. The van der Waals surface area contributed by atoms with Gasteiger partial charge in [0.25, 0.3) is 0 Å². The molecule has 150 valence electrons. The Hall–Kier alpha value is -3.24. The summed E-state index contributed by atoms with van der Waals surface area (Å²) in [5.41, 5.74) is 1.15. The van der Waals surface area contributed by atoms with Gasteiger partial charge in [0.15, 0.2) is 11.4 Å². The second-order valence-electron chi connectivity index (χ2n) is 6.49. The van der Waals surface area contributed by atoms with E-state index in [-0.39, 0.29) is 23.0 Å². The van der Waals surface area contributed by atoms with Crippen molar-refractivity contribution in [1.82, 2.24) is 4.90 Å². The molecule has 1 amide bonds. The van der Waals surface area contributed by atoms with Gasteiger partial charge in [0.1, 0.15) is 11.5 Å². The summed E-state index contributed by atoms with van der Waals surface area (Å²) in [5, 5.41) is 18.9. The van der Waals surface area contributed by atoms with Crippen molar-refractivity contribution in [2.45, 2.75) is 0 Å². The molecule has 0 spiro atoms. The van der Waals surface area contributed by atoms with Gasteiger partial charge in [0.2, 0.25) is 5.78 Å². The van der Waals surface area contributed by atoms with Gasteiger partial charge in [-0.1, -0.05) is 0 Å². The van der Waals surface area contributed by atoms with Crippen LogP contribution < -0.4 is 14.7 Å². The zero-order valence-electron chi connectivity index (χ0n) is 15.3. The lowest BCUT2D eigenvalue weighted by atomic mass is 10.1. The molecule has 1 saturated heterocycles. The van der Waals surface area contributed by atoms with Crippen LogP contribution in [-0.4, -0.2) is 48.3 Å². The summed E-state index contributed by atoms with van der Waals surface area (Å²) in [5.74, 6) is 0.392. The fraction of sp³-hybridized carbons (Fsp3) is 0.200. The Labute approximate surface area is 165 Å². The number of carbonyl (C=O) groups excluding carboxylic acids is 2. The SMILES string of the molecule is O=C1C(=Cc2ccc([NH+]([O-])O)cc2)Oc2cc(OC(=O)N3CCOCC3)ccc21. The van der Waals surface area contributed by atoms with E-state index in [0.717, 1.165) is 0 Å². The van der Waals surface area contributed by atoms with Crippen LogP contribution in [0.1, 0.15) is 15.9 Å². The summed E-state index contributed by atoms with van der Waals surface area (Å²) in [6.45, 7) is 1.87. The number of amides is 1. The van der Waals surface area contributed by atoms with E-state index >= 15 is 0 Å². The van der Waals surface area contributed by atoms with Gasteiger partial charge in [-0.05, 0) is 35.9 Å². The fourth-order valence-corrected chi connectivity index (χ4v) is 3.02. The Bertz CT molecular complexity index is 963. The summed E-state index contributed by atoms with van der Waals surface area (Å²) in [7, 11) is 0. The molecule has 2 heterocycles. The number of nitrogens with one attached hydrogen (secondary N) is 1. The van der Waals surface area contributed by atoms with E-state index in [1.807, 2.05) is 0 Å². The first kappa shape index (κ1) is 19.1. The lowest BCUT2D eigenvalue weighted by Crippen LogP contribution is -2.99. The number of quaternary nitrogens is 1. The molecule has 1 atom stereocenters. The normalized spacial score (nSPS) is 18.3. The van der Waals surface area contributed by atoms with Crippen LogP contribution >= 0.6 is 0 Å². The van der Waals surface area contributed by atoms with Crippen LogP contribution in [0.3, 0.4) is 0 Å². The molecule has 2 N–H and O–H groups in total. The molecule has 4 rings (SSSR count). The standard InChI is InChI=1S/C20H18N2O7/c23-19-16-6-5-15(28-20(24)21-7-9-27-10-8-21)12-17(16)29-18(19)11-13-1-3-14(4-2-13)22(25)26/h1-6,11-12,22,25H,7-10H2. The van der Waals surface area contributed by atoms with E-state index in [1.54, 1.807) is 29.2 Å². The molecule has 0 bridgehead atoms. The van der Waals surface area contributed by atoms with Gasteiger partial charge in [-0.15, -0.1) is 0 Å². The lowest BCUT2D eigenvalue weighted by Gasteiger charge is -2.25. The van der Waals surface area contributed by atoms with E-state index in [2.05, 4.69) is 0 Å². The number of morpholine rings is 1. The molecule has 2 aliphatic rings. The summed E-state index contributed by atoms with van der Waals surface area (Å²) >= 11 is 0. The first-order valence-electron chi connectivity index (χ1n) is 8.97. The maximum Gasteiger partial charge on any atom is 0.415 e. The lowest BCUT2D eigenvalue weighted by molar-refractivity contribution is -0.991. The quantitative estimate of drug-likeness (QED) is 0.596. The highest BCUT2D eigenvalue weighted by atomic mass is 16.8. The first-order valence-corrected chi connectivity index (χ1v) is 8.97. The predicted octanol–water partition coefficient (Wildman–Crippen LogP) is 1.54. The van der Waals surface area contributed by atoms with Gasteiger partial charge in [0.05, 0.1) is 18.8 Å². The number of ether oxygens (including phenoxy) is 3. The van der Waals surface area contributed by atoms with Crippen LogP contribution in [0, 0.1) is 5.21 Å². The van der Waals surface area contributed by atoms with Crippen LogP contribution in [0.15, 0.2) is 48.2 Å². The van der Waals surface area contributed by atoms with E-state index in [4.69, 9.17) is 19.4 Å². The molecule has 1 unspecified atom stereocenters. The average Bonchev–Trinajstić information content (AvgIpc) is 3.03. The third-order valence-electron chi connectivity index (χ3n) is 4.57. The number of carbonyl (C=O) groups is 2. The van der Waals surface area contributed by atoms with E-state index in [1.165, 1.54) is 24.3 Å². The molecule has 0 radical (unpaired) electrons. The summed E-state index contributed by atoms with van der Waals surface area (Å²) in [4.78, 5) is 26.3. The first-order chi connectivity index (χ1) is 14.0. The van der Waals surface area contributed by atoms with Gasteiger partial charge in [-0.3, -0.25) is 4.79 Å². The third kappa shape index (κ3) is 4.13. The van der Waals surface area contributed by atoms with Crippen molar-refractivity contribution in [3.05, 3.63) is 64.6 Å². The second-order valence-corrected chi connectivity index (χ2v) is 6.49. The molecule has 29 heavy (non-hydrogen) atoms. The van der Waals surface area contributed by atoms with Crippen LogP contribution in [0.25, 0.3) is 6.08 Å². The molecule has 2 aromatic rings. The molecule has 0 saturated carbocycles. The molecule has 0 aromatic heterocycles. The van der Waals surface area contributed by atoms with Crippen LogP contribution in [-0.2, 0) is 4.74 Å². The molecular weight excluding hydrogens is 380 g/mol. The van der Waals surface area contributed by atoms with Crippen molar-refractivity contribution < 1.29 is 34.2 Å². The Kier molecular flexibility index (Phi) is 5.28. The smallest absolute Gasteiger partial charge is 0.415 e. The molecular formula is C20H18N2O7. The summed E-state index contributed by atoms with van der Waals surface area (Å²) in [6.07, 6.45) is 1.06. The number of allylic oxidation sites excluding steroid dienone is 1. The second kappa shape index (κ2) is 8.02. The minimum absolute atomic E-state index is 0.111. The Balaban J connectivity index is 1.48. The maximum atomic E-state index is 12.5. The van der Waals surface area contributed by atoms with Crippen molar-refractivity contribution in [1.29, 1.82) is 0 Å². The number of fused-ring (bicyclic) bond motifs is 1. The van der Waals surface area contributed by atoms with Gasteiger partial charge < -0.3 is 24.3 Å². The molecule has 1 fully saturated rings. The van der Waals surface area contributed by atoms with Crippen molar-refractivity contribution >= 4 is 23.6 Å². The van der Waals surface area contributed by atoms with E-state index in [0.29, 0.717) is 43.2 Å². The number of ketones is 1. The largest absolute Gasteiger partial charge is 0.595 e. The minimum Gasteiger partial charge on any atom is -0.595 e. The van der Waals surface area contributed by atoms with Gasteiger partial charge >= 0.3 is 6.09 Å². The highest BCUT2D eigenvalue weighted by molar-refractivity contribution is 6.14. The number of Topliss-reactive ketones (excluding diaryl/α,β-unsaturated/α-hetero) is 1. The topological polar surface area (TPSA) is 113 Å². The highest BCUT2D eigenvalue weighted by Crippen LogP contribution is 2.35. The van der Waals surface area contributed by atoms with Crippen molar-refractivity contribution in [2.75, 3.05) is 26.3 Å². The predicted molar refractivity (Wildman–Crippen MR) is 100 cm³/mol. The zero-order valence-corrected chi connectivity index (χ0v) is 15.3. The van der Waals surface area contributed by atoms with Crippen molar-refractivity contribution in [2.24, 2.45) is 0 Å². The van der Waals surface area contributed by atoms with E-state index < -0.39 is 11.3 Å². The Morgan fingerprint density at radius 1 is 1.17 bits per heavy atom. The zero-order chi connectivity index (χ0) is 20.4. The summed E-state index contributed by atoms with van der Waals surface area (Å²) in [6, 6.07) is 10.7. The van der Waals surface area contributed by atoms with Gasteiger partial charge in [-0.25, -0.2) is 10.0 Å². The maximum absolute atomic E-state index is 12.5. The third-order valence-corrected chi connectivity index (χ3v) is 4.57. The number of hydrogen-bond donors (Lipinski definition) is 2. The van der Waals surface area contributed by atoms with Gasteiger partial charge in [0, 0.05) is 31.3 Å². The number of rotatable bonds is 3. The molecule has 9 nitrogen and oxygen atoms in total. The molecule has 2 aromatic carbocycles. The Morgan fingerprint density at radius 2 is 1.90 bits per heavy atom. The van der Waals surface area contributed by atoms with Crippen molar-refractivity contribution in [3.8, 4) is 11.5 Å². The monoisotopic (exact) mass is 398 g/mol. The Morgan fingerprint density at radius 3 is 2.59 bits per heavy atom. The van der Waals surface area contributed by atoms with Crippen molar-refractivity contribution in [3.63, 3.8) is 0 Å². The average molecular weight is 398 g/mol. The van der Waals surface area contributed by atoms with E-state index in [9.17, 15) is 14.8 Å². The number of benzene rings is 2. The molecule has 0 aliphatic carbocycles. The highest BCUT2D eigenvalue weighted by Gasteiger charge is 2.28. The van der Waals surface area contributed by atoms with Crippen LogP contribution in [0.2, 0.25) is 0 Å². The minimum atomic E-state index is -1.02. The van der Waals surface area contributed by atoms with Gasteiger partial charge in [-0.2, -0.15) is 5.23 Å². The number of hydrogen-bond acceptors (Lipinski definition) is 7. The van der Waals surface area contributed by atoms with Crippen LogP contribution in [0.5, 0.6) is 11.5 Å².